The highest BCUT2D eigenvalue weighted by Crippen LogP contribution is 2.30. The molecular formula is C18H17ClF3N3OS. The van der Waals surface area contributed by atoms with Gasteiger partial charge in [-0.1, -0.05) is 11.3 Å². The number of hydrogen-bond donors (Lipinski definition) is 0. The molecule has 0 saturated heterocycles. The molecule has 3 rings (SSSR count). The van der Waals surface area contributed by atoms with Gasteiger partial charge in [-0.05, 0) is 50.5 Å². The molecule has 2 aromatic carbocycles. The van der Waals surface area contributed by atoms with Gasteiger partial charge in [0.05, 0.1) is 10.2 Å². The smallest absolute Gasteiger partial charge is 0.260 e. The fourth-order valence-corrected chi connectivity index (χ4v) is 3.39. The van der Waals surface area contributed by atoms with E-state index in [1.165, 1.54) is 40.5 Å². The number of rotatable bonds is 5. The van der Waals surface area contributed by atoms with Crippen LogP contribution >= 0.6 is 23.7 Å². The van der Waals surface area contributed by atoms with Gasteiger partial charge in [-0.15, -0.1) is 12.4 Å². The van der Waals surface area contributed by atoms with E-state index >= 15 is 0 Å². The van der Waals surface area contributed by atoms with Crippen molar-refractivity contribution in [2.45, 2.75) is 0 Å². The first-order chi connectivity index (χ1) is 12.3. The Balaban J connectivity index is 0.00000261. The fourth-order valence-electron chi connectivity index (χ4n) is 2.37. The molecule has 0 radical (unpaired) electrons. The average Bonchev–Trinajstić information content (AvgIpc) is 2.99. The summed E-state index contributed by atoms with van der Waals surface area (Å²) in [5.41, 5.74) is 0.590. The minimum Gasteiger partial charge on any atom is -0.308 e. The molecule has 0 aliphatic rings. The SMILES string of the molecule is CN(C)CCN(C(=O)c1ccc(F)c(F)c1)c1nc2ccc(F)cc2s1.Cl. The van der Waals surface area contributed by atoms with Gasteiger partial charge in [0.1, 0.15) is 5.82 Å². The van der Waals surface area contributed by atoms with Crippen LogP contribution in [0.1, 0.15) is 10.4 Å². The highest BCUT2D eigenvalue weighted by Gasteiger charge is 2.22. The van der Waals surface area contributed by atoms with Crippen LogP contribution < -0.4 is 4.90 Å². The number of likely N-dealkylation sites (N-methyl/N-ethyl adjacent to an activating group) is 1. The van der Waals surface area contributed by atoms with Crippen LogP contribution in [0, 0.1) is 17.5 Å². The number of aromatic nitrogens is 1. The molecule has 27 heavy (non-hydrogen) atoms. The summed E-state index contributed by atoms with van der Waals surface area (Å²) in [6.07, 6.45) is 0. The van der Waals surface area contributed by atoms with Crippen molar-refractivity contribution in [2.75, 3.05) is 32.1 Å². The number of carbonyl (C=O) groups is 1. The van der Waals surface area contributed by atoms with E-state index in [1.807, 2.05) is 19.0 Å². The predicted molar refractivity (Wildman–Crippen MR) is 103 cm³/mol. The van der Waals surface area contributed by atoms with E-state index in [1.54, 1.807) is 0 Å². The van der Waals surface area contributed by atoms with E-state index in [0.29, 0.717) is 28.4 Å². The van der Waals surface area contributed by atoms with Gasteiger partial charge in [0.2, 0.25) is 0 Å². The van der Waals surface area contributed by atoms with Crippen molar-refractivity contribution in [3.8, 4) is 0 Å². The van der Waals surface area contributed by atoms with E-state index in [0.717, 1.165) is 12.1 Å². The Labute approximate surface area is 164 Å². The van der Waals surface area contributed by atoms with Crippen LogP contribution in [0.5, 0.6) is 0 Å². The van der Waals surface area contributed by atoms with E-state index in [2.05, 4.69) is 4.98 Å². The minimum atomic E-state index is -1.09. The van der Waals surface area contributed by atoms with Crippen molar-refractivity contribution in [3.05, 3.63) is 59.4 Å². The van der Waals surface area contributed by atoms with Gasteiger partial charge in [-0.2, -0.15) is 0 Å². The van der Waals surface area contributed by atoms with Gasteiger partial charge in [-0.25, -0.2) is 18.2 Å². The number of hydrogen-bond acceptors (Lipinski definition) is 4. The number of nitrogens with zero attached hydrogens (tertiary/aromatic N) is 3. The number of anilines is 1. The molecule has 9 heteroatoms. The van der Waals surface area contributed by atoms with E-state index < -0.39 is 17.5 Å². The number of carbonyl (C=O) groups excluding carboxylic acids is 1. The van der Waals surface area contributed by atoms with Gasteiger partial charge >= 0.3 is 0 Å². The molecule has 3 aromatic rings. The normalized spacial score (nSPS) is 10.9. The average molecular weight is 416 g/mol. The maximum absolute atomic E-state index is 13.5. The lowest BCUT2D eigenvalue weighted by Gasteiger charge is -2.22. The quantitative estimate of drug-likeness (QED) is 0.621. The summed E-state index contributed by atoms with van der Waals surface area (Å²) in [7, 11) is 3.71. The molecule has 4 nitrogen and oxygen atoms in total. The second-order valence-electron chi connectivity index (χ2n) is 6.00. The second kappa shape index (κ2) is 8.69. The Kier molecular flexibility index (Phi) is 6.80. The lowest BCUT2D eigenvalue weighted by Crippen LogP contribution is -2.36. The number of halogens is 4. The maximum atomic E-state index is 13.5. The highest BCUT2D eigenvalue weighted by atomic mass is 35.5. The molecule has 0 N–H and O–H groups in total. The first-order valence-electron chi connectivity index (χ1n) is 7.83. The first-order valence-corrected chi connectivity index (χ1v) is 8.64. The highest BCUT2D eigenvalue weighted by molar-refractivity contribution is 7.22. The van der Waals surface area contributed by atoms with Crippen molar-refractivity contribution in [2.24, 2.45) is 0 Å². The zero-order chi connectivity index (χ0) is 18.8. The number of benzene rings is 2. The van der Waals surface area contributed by atoms with Crippen LogP contribution in [-0.2, 0) is 0 Å². The van der Waals surface area contributed by atoms with Crippen molar-refractivity contribution in [1.82, 2.24) is 9.88 Å². The molecule has 0 atom stereocenters. The van der Waals surface area contributed by atoms with Gasteiger partial charge in [0.15, 0.2) is 16.8 Å². The van der Waals surface area contributed by atoms with E-state index in [-0.39, 0.29) is 23.8 Å². The van der Waals surface area contributed by atoms with Gasteiger partial charge < -0.3 is 4.90 Å². The lowest BCUT2D eigenvalue weighted by molar-refractivity contribution is 0.0984. The largest absolute Gasteiger partial charge is 0.308 e. The monoisotopic (exact) mass is 415 g/mol. The van der Waals surface area contributed by atoms with Crippen LogP contribution in [0.4, 0.5) is 18.3 Å². The zero-order valence-corrected chi connectivity index (χ0v) is 16.2. The molecular weight excluding hydrogens is 399 g/mol. The van der Waals surface area contributed by atoms with E-state index in [9.17, 15) is 18.0 Å². The Hall–Kier alpha value is -2.16. The van der Waals surface area contributed by atoms with Gasteiger partial charge in [-0.3, -0.25) is 9.69 Å². The van der Waals surface area contributed by atoms with Gasteiger partial charge in [0.25, 0.3) is 5.91 Å². The molecule has 1 amide bonds. The molecule has 0 aliphatic carbocycles. The summed E-state index contributed by atoms with van der Waals surface area (Å²) in [5, 5.41) is 0.377. The van der Waals surface area contributed by atoms with Crippen LogP contribution in [0.25, 0.3) is 10.2 Å². The Morgan fingerprint density at radius 1 is 1.04 bits per heavy atom. The van der Waals surface area contributed by atoms with Crippen LogP contribution in [0.3, 0.4) is 0 Å². The lowest BCUT2D eigenvalue weighted by atomic mass is 10.2. The molecule has 0 bridgehead atoms. The summed E-state index contributed by atoms with van der Waals surface area (Å²) in [4.78, 5) is 20.6. The Morgan fingerprint density at radius 2 is 1.78 bits per heavy atom. The fraction of sp³-hybridized carbons (Fsp3) is 0.222. The Morgan fingerprint density at radius 3 is 2.44 bits per heavy atom. The number of fused-ring (bicyclic) bond motifs is 1. The molecule has 0 unspecified atom stereocenters. The topological polar surface area (TPSA) is 36.4 Å². The van der Waals surface area contributed by atoms with Crippen LogP contribution in [0.15, 0.2) is 36.4 Å². The zero-order valence-electron chi connectivity index (χ0n) is 14.6. The molecule has 0 saturated carbocycles. The van der Waals surface area contributed by atoms with Crippen LogP contribution in [-0.4, -0.2) is 43.0 Å². The van der Waals surface area contributed by atoms with Crippen LogP contribution in [0.2, 0.25) is 0 Å². The first kappa shape index (κ1) is 21.1. The van der Waals surface area contributed by atoms with Crippen molar-refractivity contribution < 1.29 is 18.0 Å². The summed E-state index contributed by atoms with van der Waals surface area (Å²) < 4.78 is 40.7. The maximum Gasteiger partial charge on any atom is 0.260 e. The van der Waals surface area contributed by atoms with E-state index in [4.69, 9.17) is 0 Å². The summed E-state index contributed by atoms with van der Waals surface area (Å²) in [6, 6.07) is 7.21. The third kappa shape index (κ3) is 4.77. The molecule has 144 valence electrons. The molecule has 1 aromatic heterocycles. The third-order valence-corrected chi connectivity index (χ3v) is 4.79. The Bertz CT molecular complexity index is 964. The van der Waals surface area contributed by atoms with Crippen molar-refractivity contribution in [1.29, 1.82) is 0 Å². The summed E-state index contributed by atoms with van der Waals surface area (Å²) in [6.45, 7) is 0.840. The standard InChI is InChI=1S/C18H16F3N3OS.ClH/c1-23(2)7-8-24(17(25)11-3-5-13(20)14(21)9-11)18-22-15-6-4-12(19)10-16(15)26-18;/h3-6,9-10H,7-8H2,1-2H3;1H. The molecule has 0 spiro atoms. The number of amides is 1. The predicted octanol–water partition coefficient (Wildman–Crippen LogP) is 4.34. The van der Waals surface area contributed by atoms with Crippen molar-refractivity contribution in [3.63, 3.8) is 0 Å². The molecule has 0 fully saturated rings. The molecule has 0 aliphatic heterocycles. The van der Waals surface area contributed by atoms with Gasteiger partial charge in [0, 0.05) is 18.7 Å². The summed E-state index contributed by atoms with van der Waals surface area (Å²) in [5.74, 6) is -2.99. The third-order valence-electron chi connectivity index (χ3n) is 3.75. The summed E-state index contributed by atoms with van der Waals surface area (Å²) >= 11 is 1.17. The molecule has 1 heterocycles. The van der Waals surface area contributed by atoms with Crippen molar-refractivity contribution >= 4 is 45.0 Å². The second-order valence-corrected chi connectivity index (χ2v) is 7.01. The minimum absolute atomic E-state index is 0. The number of thiazole rings is 1.